The topological polar surface area (TPSA) is 49.3 Å². The van der Waals surface area contributed by atoms with E-state index in [1.54, 1.807) is 0 Å². The van der Waals surface area contributed by atoms with Crippen molar-refractivity contribution < 1.29 is 18.7 Å². The highest BCUT2D eigenvalue weighted by Crippen LogP contribution is 2.22. The average Bonchev–Trinajstić information content (AvgIpc) is 2.17. The van der Waals surface area contributed by atoms with E-state index >= 15 is 0 Å². The molecule has 0 bridgehead atoms. The zero-order valence-corrected chi connectivity index (χ0v) is 9.27. The van der Waals surface area contributed by atoms with Crippen LogP contribution in [0.2, 0.25) is 0 Å². The van der Waals surface area contributed by atoms with Gasteiger partial charge in [0, 0.05) is 0 Å². The van der Waals surface area contributed by atoms with E-state index in [0.29, 0.717) is 0 Å². The fourth-order valence-electron chi connectivity index (χ4n) is 1.04. The van der Waals surface area contributed by atoms with Crippen LogP contribution in [0.25, 0.3) is 0 Å². The molecule has 0 aliphatic rings. The van der Waals surface area contributed by atoms with Crippen LogP contribution in [0.3, 0.4) is 0 Å². The van der Waals surface area contributed by atoms with Crippen molar-refractivity contribution in [3.8, 4) is 0 Å². The molecule has 0 aromatic heterocycles. The molecule has 0 unspecified atom stereocenters. The van der Waals surface area contributed by atoms with E-state index < -0.39 is 28.8 Å². The molecule has 0 aliphatic heterocycles. The third-order valence-electron chi connectivity index (χ3n) is 2.08. The summed E-state index contributed by atoms with van der Waals surface area (Å²) in [7, 11) is 0. The monoisotopic (exact) mass is 229 g/mol. The fraction of sp³-hybridized carbons (Fsp3) is 0.364. The molecular weight excluding hydrogens is 216 g/mol. The van der Waals surface area contributed by atoms with Crippen LogP contribution in [-0.2, 0) is 4.79 Å². The van der Waals surface area contributed by atoms with Crippen LogP contribution < -0.4 is 5.32 Å². The van der Waals surface area contributed by atoms with E-state index in [4.69, 9.17) is 0 Å². The Kier molecular flexibility index (Phi) is 3.28. The van der Waals surface area contributed by atoms with Crippen molar-refractivity contribution in [2.24, 2.45) is 0 Å². The Morgan fingerprint density at radius 2 is 1.94 bits per heavy atom. The number of rotatable bonds is 2. The third-order valence-corrected chi connectivity index (χ3v) is 2.08. The quantitative estimate of drug-likeness (QED) is 0.814. The molecule has 16 heavy (non-hydrogen) atoms. The molecule has 5 heteroatoms. The number of nitrogens with one attached hydrogen (secondary N) is 1. The Balaban J connectivity index is 3.07. The van der Waals surface area contributed by atoms with E-state index in [1.807, 2.05) is 5.32 Å². The summed E-state index contributed by atoms with van der Waals surface area (Å²) in [4.78, 5) is 11.4. The van der Waals surface area contributed by atoms with Crippen LogP contribution in [0.15, 0.2) is 12.1 Å². The summed E-state index contributed by atoms with van der Waals surface area (Å²) in [6.07, 6.45) is 0. The number of anilines is 1. The summed E-state index contributed by atoms with van der Waals surface area (Å²) in [5.41, 5.74) is -2.01. The van der Waals surface area contributed by atoms with Gasteiger partial charge in [0.25, 0.3) is 5.91 Å². The van der Waals surface area contributed by atoms with Gasteiger partial charge in [0.2, 0.25) is 0 Å². The Morgan fingerprint density at radius 3 is 2.44 bits per heavy atom. The van der Waals surface area contributed by atoms with Crippen molar-refractivity contribution in [3.05, 3.63) is 29.3 Å². The Hall–Kier alpha value is -1.49. The van der Waals surface area contributed by atoms with Crippen molar-refractivity contribution in [1.29, 1.82) is 0 Å². The van der Waals surface area contributed by atoms with Crippen LogP contribution in [0, 0.1) is 18.6 Å². The van der Waals surface area contributed by atoms with Gasteiger partial charge in [-0.15, -0.1) is 0 Å². The Labute approximate surface area is 92.1 Å². The number of carbonyl (C=O) groups excluding carboxylic acids is 1. The summed E-state index contributed by atoms with van der Waals surface area (Å²) in [5, 5.41) is 11.4. The number of amides is 1. The van der Waals surface area contributed by atoms with E-state index in [2.05, 4.69) is 0 Å². The molecule has 0 aliphatic carbocycles. The van der Waals surface area contributed by atoms with Gasteiger partial charge in [-0.3, -0.25) is 4.79 Å². The maximum Gasteiger partial charge on any atom is 0.255 e. The maximum absolute atomic E-state index is 13.5. The second-order valence-electron chi connectivity index (χ2n) is 4.07. The molecule has 2 N–H and O–H groups in total. The number of hydrogen-bond donors (Lipinski definition) is 2. The van der Waals surface area contributed by atoms with Crippen LogP contribution in [0.4, 0.5) is 14.5 Å². The first-order valence-electron chi connectivity index (χ1n) is 4.72. The second kappa shape index (κ2) is 4.17. The van der Waals surface area contributed by atoms with E-state index in [0.717, 1.165) is 6.07 Å². The molecule has 1 aromatic carbocycles. The molecule has 88 valence electrons. The predicted molar refractivity (Wildman–Crippen MR) is 56.0 cm³/mol. The normalized spacial score (nSPS) is 11.4. The molecule has 1 rings (SSSR count). The summed E-state index contributed by atoms with van der Waals surface area (Å²) in [6.45, 7) is 3.91. The maximum atomic E-state index is 13.5. The highest BCUT2D eigenvalue weighted by atomic mass is 19.1. The highest BCUT2D eigenvalue weighted by molar-refractivity contribution is 5.96. The predicted octanol–water partition coefficient (Wildman–Crippen LogP) is 1.98. The van der Waals surface area contributed by atoms with Crippen LogP contribution in [0.5, 0.6) is 0 Å². The molecule has 3 nitrogen and oxygen atoms in total. The molecule has 0 radical (unpaired) electrons. The first-order chi connectivity index (χ1) is 7.23. The Morgan fingerprint density at radius 1 is 1.38 bits per heavy atom. The van der Waals surface area contributed by atoms with Crippen LogP contribution >= 0.6 is 0 Å². The first-order valence-corrected chi connectivity index (χ1v) is 4.72. The molecular formula is C11H13F2NO2. The van der Waals surface area contributed by atoms with Gasteiger partial charge < -0.3 is 10.4 Å². The average molecular weight is 229 g/mol. The number of halogens is 2. The van der Waals surface area contributed by atoms with Gasteiger partial charge in [0.1, 0.15) is 17.1 Å². The van der Waals surface area contributed by atoms with Crippen molar-refractivity contribution in [3.63, 3.8) is 0 Å². The van der Waals surface area contributed by atoms with Gasteiger partial charge in [-0.1, -0.05) is 6.07 Å². The molecule has 0 atom stereocenters. The number of carbonyl (C=O) groups is 1. The first kappa shape index (κ1) is 12.6. The smallest absolute Gasteiger partial charge is 0.255 e. The lowest BCUT2D eigenvalue weighted by molar-refractivity contribution is -0.130. The molecule has 0 fully saturated rings. The standard InChI is InChI=1S/C11H13F2NO2/c1-6-4-5-7(12)9(8(6)13)14-10(15)11(2,3)16/h4-5,16H,1-3H3,(H,14,15). The molecule has 0 saturated carbocycles. The highest BCUT2D eigenvalue weighted by Gasteiger charge is 2.26. The van der Waals surface area contributed by atoms with Crippen LogP contribution in [-0.4, -0.2) is 16.6 Å². The van der Waals surface area contributed by atoms with Crippen molar-refractivity contribution in [2.45, 2.75) is 26.4 Å². The van der Waals surface area contributed by atoms with Gasteiger partial charge in [0.05, 0.1) is 0 Å². The Bertz CT molecular complexity index is 425. The second-order valence-corrected chi connectivity index (χ2v) is 4.07. The van der Waals surface area contributed by atoms with Gasteiger partial charge >= 0.3 is 0 Å². The molecule has 0 saturated heterocycles. The van der Waals surface area contributed by atoms with Gasteiger partial charge in [-0.05, 0) is 32.4 Å². The molecule has 1 aromatic rings. The van der Waals surface area contributed by atoms with Crippen molar-refractivity contribution in [1.82, 2.24) is 0 Å². The van der Waals surface area contributed by atoms with Crippen LogP contribution in [0.1, 0.15) is 19.4 Å². The molecule has 0 heterocycles. The summed E-state index contributed by atoms with van der Waals surface area (Å²) in [5.74, 6) is -2.57. The fourth-order valence-corrected chi connectivity index (χ4v) is 1.04. The number of benzene rings is 1. The van der Waals surface area contributed by atoms with Crippen molar-refractivity contribution >= 4 is 11.6 Å². The minimum Gasteiger partial charge on any atom is -0.381 e. The largest absolute Gasteiger partial charge is 0.381 e. The van der Waals surface area contributed by atoms with Gasteiger partial charge in [-0.25, -0.2) is 8.78 Å². The minimum absolute atomic E-state index is 0.215. The van der Waals surface area contributed by atoms with Gasteiger partial charge in [-0.2, -0.15) is 0 Å². The third kappa shape index (κ3) is 2.55. The lowest BCUT2D eigenvalue weighted by atomic mass is 10.1. The lowest BCUT2D eigenvalue weighted by Crippen LogP contribution is -2.37. The zero-order chi connectivity index (χ0) is 12.5. The van der Waals surface area contributed by atoms with E-state index in [1.165, 1.54) is 26.8 Å². The number of hydrogen-bond acceptors (Lipinski definition) is 2. The minimum atomic E-state index is -1.69. The van der Waals surface area contributed by atoms with Crippen molar-refractivity contribution in [2.75, 3.05) is 5.32 Å². The van der Waals surface area contributed by atoms with Gasteiger partial charge in [0.15, 0.2) is 5.82 Å². The lowest BCUT2D eigenvalue weighted by Gasteiger charge is -2.17. The summed E-state index contributed by atoms with van der Waals surface area (Å²) >= 11 is 0. The molecule has 0 spiro atoms. The summed E-state index contributed by atoms with van der Waals surface area (Å²) < 4.78 is 26.7. The number of aliphatic hydroxyl groups is 1. The number of aryl methyl sites for hydroxylation is 1. The summed E-state index contributed by atoms with van der Waals surface area (Å²) in [6, 6.07) is 2.32. The zero-order valence-electron chi connectivity index (χ0n) is 9.27. The molecule has 1 amide bonds. The SMILES string of the molecule is Cc1ccc(F)c(NC(=O)C(C)(C)O)c1F. The van der Waals surface area contributed by atoms with E-state index in [-0.39, 0.29) is 5.56 Å². The van der Waals surface area contributed by atoms with E-state index in [9.17, 15) is 18.7 Å².